The molecule has 0 bridgehead atoms. The Morgan fingerprint density at radius 2 is 1.83 bits per heavy atom. The molecule has 0 fully saturated rings. The first-order valence-corrected chi connectivity index (χ1v) is 10.8. The highest BCUT2D eigenvalue weighted by molar-refractivity contribution is 9.10. The zero-order chi connectivity index (χ0) is 21.2. The molecule has 3 aromatic rings. The number of nitrogens with two attached hydrogens (primary N) is 1. The molecule has 1 amide bonds. The number of hydrogen-bond donors (Lipinski definition) is 3. The molecule has 0 atom stereocenters. The number of benzene rings is 2. The topological polar surface area (TPSA) is 127 Å². The fraction of sp³-hybridized carbons (Fsp3) is 0.0556. The minimum atomic E-state index is -3.30. The zero-order valence-electron chi connectivity index (χ0n) is 15.0. The summed E-state index contributed by atoms with van der Waals surface area (Å²) in [4.78, 5) is 20.2. The summed E-state index contributed by atoms with van der Waals surface area (Å²) in [5.74, 6) is -1.21. The van der Waals surface area contributed by atoms with Crippen molar-refractivity contribution in [2.24, 2.45) is 5.73 Å². The Bertz CT molecular complexity index is 1190. The van der Waals surface area contributed by atoms with E-state index in [1.807, 2.05) is 0 Å². The fourth-order valence-corrected chi connectivity index (χ4v) is 3.36. The summed E-state index contributed by atoms with van der Waals surface area (Å²) in [7, 11) is -3.30. The van der Waals surface area contributed by atoms with Crippen molar-refractivity contribution < 1.29 is 17.6 Å². The van der Waals surface area contributed by atoms with E-state index in [9.17, 15) is 17.6 Å². The van der Waals surface area contributed by atoms with Gasteiger partial charge in [-0.05, 0) is 52.3 Å². The van der Waals surface area contributed by atoms with Crippen molar-refractivity contribution in [2.75, 3.05) is 16.9 Å². The van der Waals surface area contributed by atoms with E-state index in [2.05, 4.69) is 36.5 Å². The first-order chi connectivity index (χ1) is 13.6. The Labute approximate surface area is 174 Å². The molecule has 8 nitrogen and oxygen atoms in total. The molecule has 4 N–H and O–H groups in total. The number of nitrogens with one attached hydrogen (secondary N) is 2. The van der Waals surface area contributed by atoms with Crippen molar-refractivity contribution in [2.45, 2.75) is 4.90 Å². The van der Waals surface area contributed by atoms with E-state index in [1.165, 1.54) is 30.5 Å². The van der Waals surface area contributed by atoms with Crippen molar-refractivity contribution in [1.29, 1.82) is 0 Å². The van der Waals surface area contributed by atoms with Crippen LogP contribution < -0.4 is 16.4 Å². The summed E-state index contributed by atoms with van der Waals surface area (Å²) in [6, 6.07) is 10.1. The number of primary amides is 1. The van der Waals surface area contributed by atoms with Crippen molar-refractivity contribution >= 4 is 54.8 Å². The average Bonchev–Trinajstić information content (AvgIpc) is 2.64. The first kappa shape index (κ1) is 20.7. The zero-order valence-corrected chi connectivity index (χ0v) is 17.4. The maximum absolute atomic E-state index is 13.9. The van der Waals surface area contributed by atoms with Gasteiger partial charge in [0.2, 0.25) is 5.95 Å². The maximum Gasteiger partial charge on any atom is 0.253 e. The quantitative estimate of drug-likeness (QED) is 0.494. The van der Waals surface area contributed by atoms with Gasteiger partial charge < -0.3 is 16.4 Å². The molecule has 1 aromatic heterocycles. The van der Waals surface area contributed by atoms with Crippen LogP contribution in [0.4, 0.5) is 27.5 Å². The van der Waals surface area contributed by atoms with Crippen LogP contribution in [0.25, 0.3) is 0 Å². The minimum absolute atomic E-state index is 0.153. The molecule has 0 spiro atoms. The third kappa shape index (κ3) is 4.87. The van der Waals surface area contributed by atoms with Gasteiger partial charge >= 0.3 is 0 Å². The SMILES string of the molecule is CS(=O)(=O)c1ccc(Nc2ncc(Br)c(Nc3cccc(F)c3C(N)=O)n2)cc1. The number of sulfone groups is 1. The summed E-state index contributed by atoms with van der Waals surface area (Å²) < 4.78 is 37.5. The van der Waals surface area contributed by atoms with Gasteiger partial charge in [0.25, 0.3) is 5.91 Å². The Morgan fingerprint density at radius 1 is 1.14 bits per heavy atom. The van der Waals surface area contributed by atoms with Crippen LogP contribution in [-0.2, 0) is 9.84 Å². The molecule has 0 radical (unpaired) electrons. The van der Waals surface area contributed by atoms with Crippen molar-refractivity contribution in [3.63, 3.8) is 0 Å². The second-order valence-corrected chi connectivity index (χ2v) is 8.83. The summed E-state index contributed by atoms with van der Waals surface area (Å²) in [6.45, 7) is 0. The molecular formula is C18H15BrFN5O3S. The minimum Gasteiger partial charge on any atom is -0.365 e. The molecule has 11 heteroatoms. The van der Waals surface area contributed by atoms with Gasteiger partial charge in [0.15, 0.2) is 9.84 Å². The average molecular weight is 480 g/mol. The van der Waals surface area contributed by atoms with Gasteiger partial charge in [-0.3, -0.25) is 4.79 Å². The first-order valence-electron chi connectivity index (χ1n) is 8.10. The lowest BCUT2D eigenvalue weighted by atomic mass is 10.1. The maximum atomic E-state index is 13.9. The standard InChI is InChI=1S/C18H15BrFN5O3S/c1-29(27,28)11-7-5-10(6-8-11)23-18-22-9-12(19)17(25-18)24-14-4-2-3-13(20)15(14)16(21)26/h2-9H,1H3,(H2,21,26)(H2,22,23,24,25). The van der Waals surface area contributed by atoms with Gasteiger partial charge in [0.1, 0.15) is 11.6 Å². The second-order valence-electron chi connectivity index (χ2n) is 5.96. The van der Waals surface area contributed by atoms with Gasteiger partial charge in [-0.15, -0.1) is 0 Å². The number of carbonyl (C=O) groups excluding carboxylic acids is 1. The lowest BCUT2D eigenvalue weighted by Crippen LogP contribution is -2.16. The van der Waals surface area contributed by atoms with Gasteiger partial charge in [-0.25, -0.2) is 17.8 Å². The number of nitrogens with zero attached hydrogens (tertiary/aromatic N) is 2. The second kappa shape index (κ2) is 8.13. The van der Waals surface area contributed by atoms with E-state index < -0.39 is 21.6 Å². The number of amides is 1. The lowest BCUT2D eigenvalue weighted by Gasteiger charge is -2.13. The summed E-state index contributed by atoms with van der Waals surface area (Å²) in [6.07, 6.45) is 2.59. The summed E-state index contributed by atoms with van der Waals surface area (Å²) in [5, 5.41) is 5.80. The van der Waals surface area contributed by atoms with Gasteiger partial charge in [-0.2, -0.15) is 4.98 Å². The Morgan fingerprint density at radius 3 is 2.45 bits per heavy atom. The van der Waals surface area contributed by atoms with E-state index in [0.29, 0.717) is 10.2 Å². The number of carbonyl (C=O) groups is 1. The van der Waals surface area contributed by atoms with Gasteiger partial charge in [-0.1, -0.05) is 6.07 Å². The molecule has 0 saturated carbocycles. The van der Waals surface area contributed by atoms with Crippen molar-refractivity contribution in [1.82, 2.24) is 9.97 Å². The van der Waals surface area contributed by atoms with Crippen LogP contribution in [0.3, 0.4) is 0 Å². The third-order valence-electron chi connectivity index (χ3n) is 3.80. The Hall–Kier alpha value is -3.05. The molecule has 29 heavy (non-hydrogen) atoms. The predicted molar refractivity (Wildman–Crippen MR) is 111 cm³/mol. The van der Waals surface area contributed by atoms with Crippen LogP contribution in [0.2, 0.25) is 0 Å². The predicted octanol–water partition coefficient (Wildman–Crippen LogP) is 3.37. The molecule has 2 aromatic carbocycles. The molecule has 0 aliphatic carbocycles. The highest BCUT2D eigenvalue weighted by Crippen LogP contribution is 2.28. The molecule has 3 rings (SSSR count). The summed E-state index contributed by atoms with van der Waals surface area (Å²) >= 11 is 3.29. The number of aromatic nitrogens is 2. The van der Waals surface area contributed by atoms with E-state index in [-0.39, 0.29) is 27.9 Å². The van der Waals surface area contributed by atoms with E-state index in [4.69, 9.17) is 5.73 Å². The van der Waals surface area contributed by atoms with Crippen LogP contribution in [0.1, 0.15) is 10.4 Å². The highest BCUT2D eigenvalue weighted by atomic mass is 79.9. The van der Waals surface area contributed by atoms with E-state index in [0.717, 1.165) is 12.3 Å². The lowest BCUT2D eigenvalue weighted by molar-refractivity contribution is 0.0997. The van der Waals surface area contributed by atoms with Crippen LogP contribution in [0.15, 0.2) is 58.0 Å². The van der Waals surface area contributed by atoms with Crippen LogP contribution >= 0.6 is 15.9 Å². The van der Waals surface area contributed by atoms with E-state index >= 15 is 0 Å². The van der Waals surface area contributed by atoms with Gasteiger partial charge in [0, 0.05) is 18.1 Å². The van der Waals surface area contributed by atoms with Crippen LogP contribution in [-0.4, -0.2) is 30.5 Å². The molecule has 150 valence electrons. The van der Waals surface area contributed by atoms with E-state index in [1.54, 1.807) is 12.1 Å². The van der Waals surface area contributed by atoms with Crippen LogP contribution in [0, 0.1) is 5.82 Å². The number of anilines is 4. The normalized spacial score (nSPS) is 11.1. The third-order valence-corrected chi connectivity index (χ3v) is 5.50. The highest BCUT2D eigenvalue weighted by Gasteiger charge is 2.16. The molecule has 1 heterocycles. The molecule has 0 aliphatic heterocycles. The molecule has 0 aliphatic rings. The van der Waals surface area contributed by atoms with Crippen LogP contribution in [0.5, 0.6) is 0 Å². The monoisotopic (exact) mass is 479 g/mol. The largest absolute Gasteiger partial charge is 0.365 e. The summed E-state index contributed by atoms with van der Waals surface area (Å²) in [5.41, 5.74) is 5.69. The molecule has 0 unspecified atom stereocenters. The number of hydrogen-bond acceptors (Lipinski definition) is 7. The smallest absolute Gasteiger partial charge is 0.253 e. The fourth-order valence-electron chi connectivity index (χ4n) is 2.44. The Balaban J connectivity index is 1.88. The number of halogens is 2. The van der Waals surface area contributed by atoms with Crippen molar-refractivity contribution in [3.05, 3.63) is 64.5 Å². The van der Waals surface area contributed by atoms with Gasteiger partial charge in [0.05, 0.1) is 20.6 Å². The molecule has 0 saturated heterocycles. The van der Waals surface area contributed by atoms with Crippen molar-refractivity contribution in [3.8, 4) is 0 Å². The Kier molecular flexibility index (Phi) is 5.80. The number of rotatable bonds is 6. The molecular weight excluding hydrogens is 465 g/mol.